The number of aromatic nitrogens is 2. The lowest BCUT2D eigenvalue weighted by molar-refractivity contribution is 1.16. The van der Waals surface area contributed by atoms with Crippen molar-refractivity contribution in [1.29, 1.82) is 0 Å². The maximum absolute atomic E-state index is 4.65. The number of hydrogen-bond acceptors (Lipinski definition) is 1. The Kier molecular flexibility index (Phi) is 1.86. The smallest absolute Gasteiger partial charge is 0.182 e. The third kappa shape index (κ3) is 1.12. The lowest BCUT2D eigenvalue weighted by Crippen LogP contribution is -1.92. The molecule has 0 fully saturated rings. The first-order chi connectivity index (χ1) is 9.84. The zero-order chi connectivity index (χ0) is 13.3. The molecule has 2 nitrogen and oxygen atoms in total. The van der Waals surface area contributed by atoms with E-state index in [4.69, 9.17) is 0 Å². The molecule has 0 amide bonds. The number of imidazole rings is 1. The van der Waals surface area contributed by atoms with Crippen molar-refractivity contribution in [3.8, 4) is 0 Å². The van der Waals surface area contributed by atoms with Gasteiger partial charge in [-0.15, -0.1) is 0 Å². The van der Waals surface area contributed by atoms with Crippen molar-refractivity contribution >= 4 is 54.0 Å². The van der Waals surface area contributed by atoms with Gasteiger partial charge in [-0.1, -0.05) is 42.5 Å². The number of hydrogen-bond donors (Lipinski definition) is 0. The zero-order valence-corrected chi connectivity index (χ0v) is 12.1. The Balaban J connectivity index is 2.34. The monoisotopic (exact) mass is 320 g/mol. The number of rotatable bonds is 0. The van der Waals surface area contributed by atoms with Crippen LogP contribution in [0.25, 0.3) is 38.1 Å². The number of pyridine rings is 1. The SMILES string of the molecule is Brc1nc2ccc3cccc4c5ccccc5n1c2c34. The molecule has 5 aromatic rings. The van der Waals surface area contributed by atoms with Crippen LogP contribution in [-0.2, 0) is 0 Å². The molecule has 94 valence electrons. The van der Waals surface area contributed by atoms with Crippen molar-refractivity contribution < 1.29 is 0 Å². The highest BCUT2D eigenvalue weighted by atomic mass is 79.9. The Morgan fingerprint density at radius 3 is 2.65 bits per heavy atom. The van der Waals surface area contributed by atoms with Crippen LogP contribution in [0, 0.1) is 0 Å². The molecule has 3 aromatic carbocycles. The van der Waals surface area contributed by atoms with Gasteiger partial charge in [0.05, 0.1) is 16.6 Å². The first-order valence-corrected chi connectivity index (χ1v) is 7.33. The number of fused-ring (bicyclic) bond motifs is 3. The summed E-state index contributed by atoms with van der Waals surface area (Å²) >= 11 is 3.61. The lowest BCUT2D eigenvalue weighted by Gasteiger charge is -2.11. The molecule has 0 saturated heterocycles. The van der Waals surface area contributed by atoms with Gasteiger partial charge in [-0.3, -0.25) is 4.40 Å². The number of para-hydroxylation sites is 1. The summed E-state index contributed by atoms with van der Waals surface area (Å²) in [5, 5.41) is 5.11. The molecule has 0 N–H and O–H groups in total. The lowest BCUT2D eigenvalue weighted by atomic mass is 10.00. The predicted molar refractivity (Wildman–Crippen MR) is 86.6 cm³/mol. The minimum Gasteiger partial charge on any atom is -0.286 e. The second-order valence-corrected chi connectivity index (χ2v) is 5.78. The average Bonchev–Trinajstić information content (AvgIpc) is 2.84. The molecule has 0 saturated carbocycles. The van der Waals surface area contributed by atoms with Gasteiger partial charge in [-0.25, -0.2) is 4.98 Å². The molecule has 3 heteroatoms. The van der Waals surface area contributed by atoms with Gasteiger partial charge in [0.25, 0.3) is 0 Å². The molecule has 0 aliphatic rings. The van der Waals surface area contributed by atoms with E-state index < -0.39 is 0 Å². The summed E-state index contributed by atoms with van der Waals surface area (Å²) in [6, 6.07) is 19.2. The van der Waals surface area contributed by atoms with E-state index in [0.717, 1.165) is 10.3 Å². The zero-order valence-electron chi connectivity index (χ0n) is 10.5. The number of halogens is 1. The Bertz CT molecular complexity index is 1110. The summed E-state index contributed by atoms with van der Waals surface area (Å²) < 4.78 is 3.07. The van der Waals surface area contributed by atoms with E-state index in [0.29, 0.717) is 0 Å². The van der Waals surface area contributed by atoms with Crippen LogP contribution in [-0.4, -0.2) is 9.38 Å². The highest BCUT2D eigenvalue weighted by Gasteiger charge is 2.16. The Hall–Kier alpha value is -2.13. The summed E-state index contributed by atoms with van der Waals surface area (Å²) in [4.78, 5) is 4.65. The van der Waals surface area contributed by atoms with Crippen molar-refractivity contribution in [3.63, 3.8) is 0 Å². The second-order valence-electron chi connectivity index (χ2n) is 5.07. The van der Waals surface area contributed by atoms with Gasteiger partial charge in [0, 0.05) is 10.8 Å². The predicted octanol–water partition coefficient (Wildman–Crippen LogP) is 4.99. The highest BCUT2D eigenvalue weighted by Crippen LogP contribution is 2.37. The first-order valence-electron chi connectivity index (χ1n) is 6.54. The van der Waals surface area contributed by atoms with Crippen LogP contribution in [0.1, 0.15) is 0 Å². The molecule has 0 radical (unpaired) electrons. The van der Waals surface area contributed by atoms with Gasteiger partial charge in [0.1, 0.15) is 0 Å². The standard InChI is InChI=1S/C17H9BrN2/c18-17-19-13-9-8-10-4-3-6-12-11-5-1-2-7-14(11)20(17)16(13)15(10)12/h1-9H. The van der Waals surface area contributed by atoms with E-state index in [1.807, 2.05) is 0 Å². The van der Waals surface area contributed by atoms with Crippen molar-refractivity contribution in [2.24, 2.45) is 0 Å². The van der Waals surface area contributed by atoms with Crippen LogP contribution in [0.4, 0.5) is 0 Å². The average molecular weight is 321 g/mol. The van der Waals surface area contributed by atoms with Crippen LogP contribution < -0.4 is 0 Å². The summed E-state index contributed by atoms with van der Waals surface area (Å²) in [5.41, 5.74) is 3.42. The van der Waals surface area contributed by atoms with E-state index in [9.17, 15) is 0 Å². The van der Waals surface area contributed by atoms with E-state index in [1.54, 1.807) is 0 Å². The Morgan fingerprint density at radius 2 is 1.70 bits per heavy atom. The third-order valence-electron chi connectivity index (χ3n) is 4.05. The topological polar surface area (TPSA) is 17.3 Å². The summed E-state index contributed by atoms with van der Waals surface area (Å²) in [7, 11) is 0. The maximum Gasteiger partial charge on any atom is 0.182 e. The van der Waals surface area contributed by atoms with Gasteiger partial charge in [-0.05, 0) is 38.8 Å². The summed E-state index contributed by atoms with van der Waals surface area (Å²) in [5.74, 6) is 0. The van der Waals surface area contributed by atoms with E-state index in [-0.39, 0.29) is 0 Å². The molecular formula is C17H9BrN2. The maximum atomic E-state index is 4.65. The molecule has 2 heterocycles. The van der Waals surface area contributed by atoms with Crippen molar-refractivity contribution in [1.82, 2.24) is 9.38 Å². The third-order valence-corrected chi connectivity index (χ3v) is 4.58. The molecule has 0 aliphatic heterocycles. The van der Waals surface area contributed by atoms with E-state index in [1.165, 1.54) is 32.6 Å². The quantitative estimate of drug-likeness (QED) is 0.290. The van der Waals surface area contributed by atoms with Gasteiger partial charge < -0.3 is 0 Å². The van der Waals surface area contributed by atoms with Crippen molar-refractivity contribution in [2.75, 3.05) is 0 Å². The molecule has 5 rings (SSSR count). The van der Waals surface area contributed by atoms with Gasteiger partial charge in [0.2, 0.25) is 0 Å². The van der Waals surface area contributed by atoms with Gasteiger partial charge >= 0.3 is 0 Å². The highest BCUT2D eigenvalue weighted by molar-refractivity contribution is 9.10. The largest absolute Gasteiger partial charge is 0.286 e. The van der Waals surface area contributed by atoms with Crippen LogP contribution in [0.3, 0.4) is 0 Å². The van der Waals surface area contributed by atoms with Crippen LogP contribution >= 0.6 is 15.9 Å². The fourth-order valence-corrected chi connectivity index (χ4v) is 3.81. The molecule has 0 bridgehead atoms. The Morgan fingerprint density at radius 1 is 0.850 bits per heavy atom. The molecule has 2 aromatic heterocycles. The second kappa shape index (κ2) is 3.49. The van der Waals surface area contributed by atoms with Crippen LogP contribution in [0.2, 0.25) is 0 Å². The number of benzene rings is 3. The molecule has 0 atom stereocenters. The molecular weight excluding hydrogens is 312 g/mol. The van der Waals surface area contributed by atoms with Crippen molar-refractivity contribution in [2.45, 2.75) is 0 Å². The fourth-order valence-electron chi connectivity index (χ4n) is 3.25. The first kappa shape index (κ1) is 10.6. The Labute approximate surface area is 123 Å². The molecule has 0 spiro atoms. The van der Waals surface area contributed by atoms with E-state index >= 15 is 0 Å². The molecule has 0 aliphatic carbocycles. The van der Waals surface area contributed by atoms with Crippen LogP contribution in [0.5, 0.6) is 0 Å². The van der Waals surface area contributed by atoms with Crippen LogP contribution in [0.15, 0.2) is 59.3 Å². The van der Waals surface area contributed by atoms with Gasteiger partial charge in [-0.2, -0.15) is 0 Å². The number of nitrogens with zero attached hydrogens (tertiary/aromatic N) is 2. The summed E-state index contributed by atoms with van der Waals surface area (Å²) in [6.07, 6.45) is 0. The minimum atomic E-state index is 0.863. The van der Waals surface area contributed by atoms with Crippen molar-refractivity contribution in [3.05, 3.63) is 59.3 Å². The fraction of sp³-hybridized carbons (Fsp3) is 0. The molecule has 0 unspecified atom stereocenters. The summed E-state index contributed by atoms with van der Waals surface area (Å²) in [6.45, 7) is 0. The molecule has 20 heavy (non-hydrogen) atoms. The minimum absolute atomic E-state index is 0.863. The van der Waals surface area contributed by atoms with E-state index in [2.05, 4.69) is 79.9 Å². The van der Waals surface area contributed by atoms with Gasteiger partial charge in [0.15, 0.2) is 4.73 Å². The normalized spacial score (nSPS) is 12.2.